The van der Waals surface area contributed by atoms with E-state index in [2.05, 4.69) is 26.0 Å². The van der Waals surface area contributed by atoms with Crippen LogP contribution in [0.2, 0.25) is 0 Å². The molecule has 24 heavy (non-hydrogen) atoms. The van der Waals surface area contributed by atoms with Crippen molar-refractivity contribution < 1.29 is 14.3 Å². The smallest absolute Gasteiger partial charge is 0.334 e. The number of nitrogens with zero attached hydrogens (tertiary/aromatic N) is 3. The third-order valence-electron chi connectivity index (χ3n) is 4.26. The second kappa shape index (κ2) is 6.93. The van der Waals surface area contributed by atoms with Gasteiger partial charge in [0.05, 0.1) is 25.2 Å². The number of hydrogen-bond acceptors (Lipinski definition) is 5. The van der Waals surface area contributed by atoms with Gasteiger partial charge < -0.3 is 9.47 Å². The number of aromatic nitrogens is 3. The molecule has 0 atom stereocenters. The van der Waals surface area contributed by atoms with Crippen LogP contribution in [0.15, 0.2) is 23.0 Å². The molecule has 0 aromatic carbocycles. The van der Waals surface area contributed by atoms with Gasteiger partial charge in [-0.3, -0.25) is 0 Å². The highest BCUT2D eigenvalue weighted by Crippen LogP contribution is 2.42. The van der Waals surface area contributed by atoms with E-state index in [0.29, 0.717) is 36.3 Å². The van der Waals surface area contributed by atoms with E-state index < -0.39 is 5.54 Å². The van der Waals surface area contributed by atoms with Crippen molar-refractivity contribution in [2.24, 2.45) is 0 Å². The average molecular weight is 394 g/mol. The SMILES string of the molecule is CCO/C=C/c1nn(C2(C(=O)OCC)CCC2)c2nc(Br)ccc12. The van der Waals surface area contributed by atoms with Gasteiger partial charge in [-0.15, -0.1) is 0 Å². The summed E-state index contributed by atoms with van der Waals surface area (Å²) < 4.78 is 13.0. The van der Waals surface area contributed by atoms with Crippen LogP contribution in [0, 0.1) is 0 Å². The molecule has 7 heteroatoms. The molecule has 1 aliphatic rings. The van der Waals surface area contributed by atoms with Gasteiger partial charge in [-0.25, -0.2) is 14.5 Å². The molecule has 0 spiro atoms. The molecule has 0 aliphatic heterocycles. The molecule has 3 rings (SSSR count). The molecular formula is C17H20BrN3O3. The zero-order chi connectivity index (χ0) is 17.2. The van der Waals surface area contributed by atoms with Crippen molar-refractivity contribution >= 4 is 39.0 Å². The summed E-state index contributed by atoms with van der Waals surface area (Å²) >= 11 is 3.40. The first kappa shape index (κ1) is 17.0. The van der Waals surface area contributed by atoms with E-state index in [1.807, 2.05) is 26.0 Å². The lowest BCUT2D eigenvalue weighted by Crippen LogP contribution is -2.49. The van der Waals surface area contributed by atoms with Crippen molar-refractivity contribution in [1.29, 1.82) is 0 Å². The molecule has 1 aliphatic carbocycles. The fraction of sp³-hybridized carbons (Fsp3) is 0.471. The van der Waals surface area contributed by atoms with Gasteiger partial charge in [0.2, 0.25) is 0 Å². The zero-order valence-electron chi connectivity index (χ0n) is 13.8. The third-order valence-corrected chi connectivity index (χ3v) is 4.70. The standard InChI is InChI=1S/C17H20BrN3O3/c1-3-23-11-8-13-12-6-7-14(18)19-15(12)21(20-13)17(9-5-10-17)16(22)24-4-2/h6-8,11H,3-5,9-10H2,1-2H3/b11-8+. The van der Waals surface area contributed by atoms with Crippen LogP contribution in [0.4, 0.5) is 0 Å². The molecule has 0 saturated heterocycles. The number of fused-ring (bicyclic) bond motifs is 1. The number of ether oxygens (including phenoxy) is 2. The van der Waals surface area contributed by atoms with Gasteiger partial charge in [0.25, 0.3) is 0 Å². The Morgan fingerprint density at radius 2 is 2.17 bits per heavy atom. The third kappa shape index (κ3) is 2.81. The molecule has 0 amide bonds. The largest absolute Gasteiger partial charge is 0.501 e. The second-order valence-corrected chi connectivity index (χ2v) is 6.48. The minimum absolute atomic E-state index is 0.234. The fourth-order valence-electron chi connectivity index (χ4n) is 2.91. The quantitative estimate of drug-likeness (QED) is 0.425. The Balaban J connectivity index is 2.13. The monoisotopic (exact) mass is 393 g/mol. The Bertz CT molecular complexity index is 781. The molecule has 2 aromatic heterocycles. The van der Waals surface area contributed by atoms with E-state index >= 15 is 0 Å². The van der Waals surface area contributed by atoms with Crippen molar-refractivity contribution in [1.82, 2.24) is 14.8 Å². The summed E-state index contributed by atoms with van der Waals surface area (Å²) in [6.07, 6.45) is 5.82. The number of carbonyl (C=O) groups is 1. The number of pyridine rings is 1. The molecule has 0 unspecified atom stereocenters. The van der Waals surface area contributed by atoms with E-state index in [9.17, 15) is 4.79 Å². The first-order valence-electron chi connectivity index (χ1n) is 8.13. The van der Waals surface area contributed by atoms with E-state index in [0.717, 1.165) is 17.5 Å². The zero-order valence-corrected chi connectivity index (χ0v) is 15.4. The minimum Gasteiger partial charge on any atom is -0.501 e. The molecule has 0 radical (unpaired) electrons. The summed E-state index contributed by atoms with van der Waals surface area (Å²) in [4.78, 5) is 17.1. The molecule has 128 valence electrons. The number of esters is 1. The van der Waals surface area contributed by atoms with Gasteiger partial charge in [-0.2, -0.15) is 5.10 Å². The maximum Gasteiger partial charge on any atom is 0.334 e. The molecule has 0 N–H and O–H groups in total. The van der Waals surface area contributed by atoms with Gasteiger partial charge in [0.15, 0.2) is 11.2 Å². The van der Waals surface area contributed by atoms with Crippen molar-refractivity contribution in [3.63, 3.8) is 0 Å². The summed E-state index contributed by atoms with van der Waals surface area (Å²) in [6, 6.07) is 3.81. The minimum atomic E-state index is -0.750. The van der Waals surface area contributed by atoms with Gasteiger partial charge in [-0.05, 0) is 61.2 Å². The lowest BCUT2D eigenvalue weighted by Gasteiger charge is -2.39. The normalized spacial score (nSPS) is 16.3. The van der Waals surface area contributed by atoms with Crippen LogP contribution in [0.5, 0.6) is 0 Å². The van der Waals surface area contributed by atoms with Crippen molar-refractivity contribution in [3.05, 3.63) is 28.7 Å². The Kier molecular flexibility index (Phi) is 4.89. The average Bonchev–Trinajstić information content (AvgIpc) is 2.85. The van der Waals surface area contributed by atoms with Crippen LogP contribution >= 0.6 is 15.9 Å². The maximum absolute atomic E-state index is 12.6. The highest BCUT2D eigenvalue weighted by atomic mass is 79.9. The van der Waals surface area contributed by atoms with E-state index in [1.165, 1.54) is 0 Å². The molecule has 2 heterocycles. The van der Waals surface area contributed by atoms with Crippen molar-refractivity contribution in [3.8, 4) is 0 Å². The van der Waals surface area contributed by atoms with Crippen molar-refractivity contribution in [2.75, 3.05) is 13.2 Å². The van der Waals surface area contributed by atoms with E-state index in [-0.39, 0.29) is 5.97 Å². The predicted octanol–water partition coefficient (Wildman–Crippen LogP) is 3.64. The molecular weight excluding hydrogens is 374 g/mol. The van der Waals surface area contributed by atoms with Gasteiger partial charge in [-0.1, -0.05) is 0 Å². The van der Waals surface area contributed by atoms with Crippen LogP contribution in [0.3, 0.4) is 0 Å². The number of halogens is 1. The van der Waals surface area contributed by atoms with Crippen LogP contribution < -0.4 is 0 Å². The molecule has 1 saturated carbocycles. The van der Waals surface area contributed by atoms with Crippen molar-refractivity contribution in [2.45, 2.75) is 38.6 Å². The number of carbonyl (C=O) groups excluding carboxylic acids is 1. The van der Waals surface area contributed by atoms with Crippen LogP contribution in [-0.4, -0.2) is 33.9 Å². The topological polar surface area (TPSA) is 66.2 Å². The van der Waals surface area contributed by atoms with Crippen LogP contribution in [-0.2, 0) is 19.8 Å². The van der Waals surface area contributed by atoms with E-state index in [4.69, 9.17) is 9.47 Å². The summed E-state index contributed by atoms with van der Waals surface area (Å²) in [5.74, 6) is -0.234. The molecule has 2 aromatic rings. The Morgan fingerprint density at radius 1 is 1.38 bits per heavy atom. The highest BCUT2D eigenvalue weighted by Gasteiger charge is 2.49. The molecule has 1 fully saturated rings. The highest BCUT2D eigenvalue weighted by molar-refractivity contribution is 9.10. The first-order valence-corrected chi connectivity index (χ1v) is 8.93. The summed E-state index contributed by atoms with van der Waals surface area (Å²) in [5.41, 5.74) is 0.655. The van der Waals surface area contributed by atoms with Gasteiger partial charge in [0, 0.05) is 11.5 Å². The number of rotatable bonds is 6. The van der Waals surface area contributed by atoms with Gasteiger partial charge >= 0.3 is 5.97 Å². The van der Waals surface area contributed by atoms with Gasteiger partial charge in [0.1, 0.15) is 4.60 Å². The summed E-state index contributed by atoms with van der Waals surface area (Å²) in [6.45, 7) is 4.68. The number of hydrogen-bond donors (Lipinski definition) is 0. The predicted molar refractivity (Wildman–Crippen MR) is 94.3 cm³/mol. The Morgan fingerprint density at radius 3 is 2.79 bits per heavy atom. The lowest BCUT2D eigenvalue weighted by atomic mass is 9.77. The second-order valence-electron chi connectivity index (χ2n) is 5.67. The fourth-order valence-corrected chi connectivity index (χ4v) is 3.21. The Labute approximate surface area is 149 Å². The summed E-state index contributed by atoms with van der Waals surface area (Å²) in [7, 11) is 0. The van der Waals surface area contributed by atoms with E-state index in [1.54, 1.807) is 17.0 Å². The van der Waals surface area contributed by atoms with Crippen LogP contribution in [0.1, 0.15) is 38.8 Å². The van der Waals surface area contributed by atoms with Crippen LogP contribution in [0.25, 0.3) is 17.1 Å². The molecule has 0 bridgehead atoms. The maximum atomic E-state index is 12.6. The Hall–Kier alpha value is -1.89. The first-order chi connectivity index (χ1) is 11.6. The molecule has 6 nitrogen and oxygen atoms in total. The lowest BCUT2D eigenvalue weighted by molar-refractivity contribution is -0.159. The summed E-state index contributed by atoms with van der Waals surface area (Å²) in [5, 5.41) is 5.54.